The van der Waals surface area contributed by atoms with Crippen molar-refractivity contribution in [3.05, 3.63) is 22.3 Å². The van der Waals surface area contributed by atoms with E-state index in [4.69, 9.17) is 0 Å². The standard InChI is InChI=1S/C17H30/c1-6-7-8-9-10-11-12-17-15(4)13(2)14(3)16(17)5/h17H,6-12H2,1-5H3. The van der Waals surface area contributed by atoms with Gasteiger partial charge in [-0.1, -0.05) is 56.6 Å². The van der Waals surface area contributed by atoms with Crippen molar-refractivity contribution in [1.29, 1.82) is 0 Å². The lowest BCUT2D eigenvalue weighted by Crippen LogP contribution is -2.00. The van der Waals surface area contributed by atoms with Crippen LogP contribution >= 0.6 is 0 Å². The average molecular weight is 234 g/mol. The van der Waals surface area contributed by atoms with Crippen LogP contribution in [0, 0.1) is 5.92 Å². The Morgan fingerprint density at radius 2 is 1.18 bits per heavy atom. The van der Waals surface area contributed by atoms with Gasteiger partial charge in [-0.2, -0.15) is 0 Å². The summed E-state index contributed by atoms with van der Waals surface area (Å²) in [7, 11) is 0. The maximum atomic E-state index is 2.33. The van der Waals surface area contributed by atoms with E-state index in [1.54, 1.807) is 22.3 Å². The van der Waals surface area contributed by atoms with Crippen molar-refractivity contribution in [1.82, 2.24) is 0 Å². The van der Waals surface area contributed by atoms with E-state index in [1.807, 2.05) is 0 Å². The molecule has 0 aromatic heterocycles. The first-order valence-electron chi connectivity index (χ1n) is 7.44. The summed E-state index contributed by atoms with van der Waals surface area (Å²) in [5.74, 6) is 0.765. The molecule has 0 aromatic carbocycles. The summed E-state index contributed by atoms with van der Waals surface area (Å²) in [5, 5.41) is 0. The average Bonchev–Trinajstić information content (AvgIpc) is 2.50. The molecule has 0 atom stereocenters. The van der Waals surface area contributed by atoms with Gasteiger partial charge < -0.3 is 0 Å². The Kier molecular flexibility index (Phi) is 6.02. The zero-order valence-electron chi connectivity index (χ0n) is 12.5. The molecule has 0 radical (unpaired) electrons. The second-order valence-electron chi connectivity index (χ2n) is 5.73. The van der Waals surface area contributed by atoms with Gasteiger partial charge in [0, 0.05) is 5.92 Å². The zero-order chi connectivity index (χ0) is 12.8. The first-order chi connectivity index (χ1) is 8.09. The summed E-state index contributed by atoms with van der Waals surface area (Å²) in [5.41, 5.74) is 6.37. The molecule has 0 aromatic rings. The van der Waals surface area contributed by atoms with E-state index in [1.165, 1.54) is 44.9 Å². The van der Waals surface area contributed by atoms with E-state index < -0.39 is 0 Å². The third-order valence-corrected chi connectivity index (χ3v) is 4.64. The van der Waals surface area contributed by atoms with Gasteiger partial charge in [0.2, 0.25) is 0 Å². The summed E-state index contributed by atoms with van der Waals surface area (Å²) >= 11 is 0. The van der Waals surface area contributed by atoms with E-state index in [0.29, 0.717) is 0 Å². The minimum Gasteiger partial charge on any atom is -0.0654 e. The van der Waals surface area contributed by atoms with Crippen LogP contribution < -0.4 is 0 Å². The van der Waals surface area contributed by atoms with Gasteiger partial charge in [-0.25, -0.2) is 0 Å². The Balaban J connectivity index is 2.29. The van der Waals surface area contributed by atoms with Crippen molar-refractivity contribution >= 4 is 0 Å². The number of hydrogen-bond donors (Lipinski definition) is 0. The van der Waals surface area contributed by atoms with Crippen LogP contribution in [-0.4, -0.2) is 0 Å². The molecule has 0 fully saturated rings. The SMILES string of the molecule is CCCCCCCCC1C(C)=C(C)C(C)=C1C. The van der Waals surface area contributed by atoms with E-state index in [9.17, 15) is 0 Å². The van der Waals surface area contributed by atoms with Gasteiger partial charge in [0.1, 0.15) is 0 Å². The molecule has 0 spiro atoms. The van der Waals surface area contributed by atoms with Crippen LogP contribution in [-0.2, 0) is 0 Å². The summed E-state index contributed by atoms with van der Waals surface area (Å²) in [6.45, 7) is 11.5. The number of allylic oxidation sites excluding steroid dienone is 4. The topological polar surface area (TPSA) is 0 Å². The van der Waals surface area contributed by atoms with Crippen molar-refractivity contribution in [2.45, 2.75) is 79.6 Å². The Morgan fingerprint density at radius 1 is 0.706 bits per heavy atom. The maximum Gasteiger partial charge on any atom is 0.00130 e. The second kappa shape index (κ2) is 7.03. The highest BCUT2D eigenvalue weighted by atomic mass is 14.3. The van der Waals surface area contributed by atoms with E-state index in [2.05, 4.69) is 34.6 Å². The van der Waals surface area contributed by atoms with Gasteiger partial charge >= 0.3 is 0 Å². The van der Waals surface area contributed by atoms with Crippen LogP contribution in [0.25, 0.3) is 0 Å². The minimum absolute atomic E-state index is 0.765. The molecule has 17 heavy (non-hydrogen) atoms. The van der Waals surface area contributed by atoms with Crippen LogP contribution in [0.4, 0.5) is 0 Å². The lowest BCUT2D eigenvalue weighted by molar-refractivity contribution is 0.544. The quantitative estimate of drug-likeness (QED) is 0.471. The Labute approximate surface area is 108 Å². The maximum absolute atomic E-state index is 2.33. The summed E-state index contributed by atoms with van der Waals surface area (Å²) in [6.07, 6.45) is 9.84. The van der Waals surface area contributed by atoms with E-state index in [-0.39, 0.29) is 0 Å². The molecule has 0 heteroatoms. The van der Waals surface area contributed by atoms with E-state index in [0.717, 1.165) is 5.92 Å². The molecule has 0 saturated carbocycles. The smallest absolute Gasteiger partial charge is 0.00130 e. The molecule has 0 heterocycles. The van der Waals surface area contributed by atoms with Gasteiger partial charge in [0.05, 0.1) is 0 Å². The monoisotopic (exact) mass is 234 g/mol. The normalized spacial score (nSPS) is 17.5. The largest absolute Gasteiger partial charge is 0.0654 e. The van der Waals surface area contributed by atoms with Crippen LogP contribution in [0.15, 0.2) is 22.3 Å². The molecule has 1 aliphatic carbocycles. The van der Waals surface area contributed by atoms with Crippen LogP contribution in [0.1, 0.15) is 79.6 Å². The molecule has 0 amide bonds. The minimum atomic E-state index is 0.765. The first-order valence-corrected chi connectivity index (χ1v) is 7.44. The third-order valence-electron chi connectivity index (χ3n) is 4.64. The van der Waals surface area contributed by atoms with E-state index >= 15 is 0 Å². The van der Waals surface area contributed by atoms with Crippen molar-refractivity contribution in [3.63, 3.8) is 0 Å². The fourth-order valence-corrected chi connectivity index (χ4v) is 3.00. The number of unbranched alkanes of at least 4 members (excludes halogenated alkanes) is 5. The fourth-order valence-electron chi connectivity index (χ4n) is 3.00. The van der Waals surface area contributed by atoms with Crippen LogP contribution in [0.5, 0.6) is 0 Å². The predicted octanol–water partition coefficient (Wildman–Crippen LogP) is 6.04. The lowest BCUT2D eigenvalue weighted by Gasteiger charge is -2.14. The second-order valence-corrected chi connectivity index (χ2v) is 5.73. The van der Waals surface area contributed by atoms with Gasteiger partial charge in [-0.3, -0.25) is 0 Å². The highest BCUT2D eigenvalue weighted by Crippen LogP contribution is 2.39. The molecular formula is C17H30. The molecule has 0 saturated heterocycles. The van der Waals surface area contributed by atoms with Crippen LogP contribution in [0.2, 0.25) is 0 Å². The summed E-state index contributed by atoms with van der Waals surface area (Å²) < 4.78 is 0. The van der Waals surface area contributed by atoms with Crippen LogP contribution in [0.3, 0.4) is 0 Å². The lowest BCUT2D eigenvalue weighted by atomic mass is 9.91. The molecule has 0 unspecified atom stereocenters. The summed E-state index contributed by atoms with van der Waals surface area (Å²) in [6, 6.07) is 0. The zero-order valence-corrected chi connectivity index (χ0v) is 12.5. The molecule has 0 bridgehead atoms. The molecular weight excluding hydrogens is 204 g/mol. The molecule has 0 nitrogen and oxygen atoms in total. The van der Waals surface area contributed by atoms with Gasteiger partial charge in [-0.05, 0) is 45.3 Å². The Hall–Kier alpha value is -0.520. The van der Waals surface area contributed by atoms with Crippen molar-refractivity contribution in [2.75, 3.05) is 0 Å². The number of rotatable bonds is 7. The molecule has 0 aliphatic heterocycles. The van der Waals surface area contributed by atoms with Crippen molar-refractivity contribution < 1.29 is 0 Å². The Morgan fingerprint density at radius 3 is 1.71 bits per heavy atom. The van der Waals surface area contributed by atoms with Crippen molar-refractivity contribution in [2.24, 2.45) is 5.92 Å². The third kappa shape index (κ3) is 3.72. The molecule has 98 valence electrons. The van der Waals surface area contributed by atoms with Crippen molar-refractivity contribution in [3.8, 4) is 0 Å². The molecule has 0 N–H and O–H groups in total. The fraction of sp³-hybridized carbons (Fsp3) is 0.765. The summed E-state index contributed by atoms with van der Waals surface area (Å²) in [4.78, 5) is 0. The highest BCUT2D eigenvalue weighted by molar-refractivity contribution is 5.46. The van der Waals surface area contributed by atoms with Gasteiger partial charge in [0.25, 0.3) is 0 Å². The molecule has 1 aliphatic rings. The molecule has 1 rings (SSSR count). The van der Waals surface area contributed by atoms with Gasteiger partial charge in [0.15, 0.2) is 0 Å². The predicted molar refractivity (Wildman–Crippen MR) is 78.2 cm³/mol. The highest BCUT2D eigenvalue weighted by Gasteiger charge is 2.23. The van der Waals surface area contributed by atoms with Gasteiger partial charge in [-0.15, -0.1) is 0 Å². The Bertz CT molecular complexity index is 280. The number of hydrogen-bond acceptors (Lipinski definition) is 0. The first kappa shape index (κ1) is 14.5.